The minimum Gasteiger partial charge on any atom is -0.474 e. The molecule has 4 N–H and O–H groups in total. The Morgan fingerprint density at radius 3 is 2.49 bits per heavy atom. The largest absolute Gasteiger partial charge is 0.474 e. The predicted octanol–water partition coefficient (Wildman–Crippen LogP) is 7.05. The van der Waals surface area contributed by atoms with Crippen LogP contribution in [0.3, 0.4) is 0 Å². The third-order valence-electron chi connectivity index (χ3n) is 7.88. The summed E-state index contributed by atoms with van der Waals surface area (Å²) in [5.74, 6) is -1.91. The molecule has 1 aromatic carbocycles. The molecule has 0 radical (unpaired) electrons. The minimum absolute atomic E-state index is 0.0487. The van der Waals surface area contributed by atoms with E-state index in [1.807, 2.05) is 20.8 Å². The Balaban J connectivity index is 0.000000458. The van der Waals surface area contributed by atoms with Crippen LogP contribution in [0.5, 0.6) is 11.9 Å². The number of nitrogens with two attached hydrogens (primary N) is 1. The summed E-state index contributed by atoms with van der Waals surface area (Å²) in [6, 6.07) is 1.48. The second kappa shape index (κ2) is 17.8. The first-order valence-corrected chi connectivity index (χ1v) is 16.3. The number of likely N-dealkylation sites (N-methyl/N-ethyl adjacent to an activating group) is 1. The van der Waals surface area contributed by atoms with Crippen molar-refractivity contribution < 1.29 is 31.4 Å². The molecule has 15 heteroatoms. The van der Waals surface area contributed by atoms with E-state index in [2.05, 4.69) is 30.5 Å². The second-order valence-corrected chi connectivity index (χ2v) is 11.4. The fourth-order valence-corrected chi connectivity index (χ4v) is 5.75. The van der Waals surface area contributed by atoms with Gasteiger partial charge in [0.1, 0.15) is 28.6 Å². The molecule has 5 rings (SSSR count). The van der Waals surface area contributed by atoms with Crippen LogP contribution in [0.2, 0.25) is 5.02 Å². The lowest BCUT2D eigenvalue weighted by Crippen LogP contribution is -2.22. The number of anilines is 2. The molecule has 2 aromatic heterocycles. The Labute approximate surface area is 277 Å². The standard InChI is InChI=1S/C23H27ClF4N6O2.C7H12FN.C2H6/c1-5-10(2)36-22-15-20(33-23(35-4)34-21(15)31-7-6-30-3)18(28)19(32-22)12-8-13(29)17(27)16(24)11(12)9-14(25)26;8-6-4-7-2-1-3-9(7)5-6;1-2/h8,10,14,30H,5-7,9,29H2,1-4H3,(H,31,33,34);6-7H,1-5H2;1-2H3. The van der Waals surface area contributed by atoms with Gasteiger partial charge in [-0.1, -0.05) is 32.4 Å². The number of hydrogen-bond acceptors (Lipinski definition) is 9. The zero-order chi connectivity index (χ0) is 34.8. The highest BCUT2D eigenvalue weighted by Crippen LogP contribution is 2.41. The van der Waals surface area contributed by atoms with E-state index in [1.54, 1.807) is 14.0 Å². The van der Waals surface area contributed by atoms with Crippen LogP contribution >= 0.6 is 11.6 Å². The lowest BCUT2D eigenvalue weighted by atomic mass is 9.99. The summed E-state index contributed by atoms with van der Waals surface area (Å²) in [5, 5.41) is 5.55. The topological polar surface area (TPSA) is 110 Å². The normalized spacial score (nSPS) is 17.9. The summed E-state index contributed by atoms with van der Waals surface area (Å²) in [4.78, 5) is 15.0. The van der Waals surface area contributed by atoms with Gasteiger partial charge >= 0.3 is 6.01 Å². The molecule has 3 unspecified atom stereocenters. The van der Waals surface area contributed by atoms with Crippen molar-refractivity contribution in [3.05, 3.63) is 28.3 Å². The Bertz CT molecular complexity index is 1470. The van der Waals surface area contributed by atoms with Crippen LogP contribution in [0.4, 0.5) is 33.5 Å². The molecule has 2 fully saturated rings. The van der Waals surface area contributed by atoms with E-state index in [4.69, 9.17) is 26.8 Å². The van der Waals surface area contributed by atoms with Gasteiger partial charge in [-0.05, 0) is 57.8 Å². The fraction of sp³-hybridized carbons (Fsp3) is 0.594. The van der Waals surface area contributed by atoms with Gasteiger partial charge in [-0.25, -0.2) is 26.9 Å². The third kappa shape index (κ3) is 9.23. The maximum absolute atomic E-state index is 16.1. The monoisotopic (exact) mass is 689 g/mol. The fourth-order valence-electron chi connectivity index (χ4n) is 5.46. The van der Waals surface area contributed by atoms with E-state index in [0.29, 0.717) is 32.1 Å². The van der Waals surface area contributed by atoms with E-state index >= 15 is 4.39 Å². The molecule has 0 spiro atoms. The van der Waals surface area contributed by atoms with Crippen molar-refractivity contribution in [1.82, 2.24) is 25.2 Å². The van der Waals surface area contributed by atoms with Crippen LogP contribution in [0, 0.1) is 11.6 Å². The van der Waals surface area contributed by atoms with Crippen molar-refractivity contribution in [2.24, 2.45) is 0 Å². The zero-order valence-electron chi connectivity index (χ0n) is 27.7. The van der Waals surface area contributed by atoms with Gasteiger partial charge in [0.05, 0.1) is 23.9 Å². The van der Waals surface area contributed by atoms with Crippen molar-refractivity contribution in [3.8, 4) is 23.1 Å². The number of aromatic nitrogens is 3. The van der Waals surface area contributed by atoms with Crippen LogP contribution in [0.25, 0.3) is 22.2 Å². The number of methoxy groups -OCH3 is 1. The van der Waals surface area contributed by atoms with Crippen molar-refractivity contribution in [3.63, 3.8) is 0 Å². The van der Waals surface area contributed by atoms with Gasteiger partial charge in [0.25, 0.3) is 0 Å². The number of ether oxygens (including phenoxy) is 2. The van der Waals surface area contributed by atoms with Gasteiger partial charge in [-0.15, -0.1) is 0 Å². The van der Waals surface area contributed by atoms with Crippen LogP contribution in [0.15, 0.2) is 6.07 Å². The predicted molar refractivity (Wildman–Crippen MR) is 177 cm³/mol. The highest BCUT2D eigenvalue weighted by molar-refractivity contribution is 6.32. The summed E-state index contributed by atoms with van der Waals surface area (Å²) in [5.41, 5.74) is 4.06. The number of nitrogens with one attached hydrogen (secondary N) is 2. The highest BCUT2D eigenvalue weighted by Gasteiger charge is 2.34. The Hall–Kier alpha value is -3.23. The Kier molecular flexibility index (Phi) is 14.5. The lowest BCUT2D eigenvalue weighted by molar-refractivity contribution is 0.149. The van der Waals surface area contributed by atoms with Crippen LogP contribution in [0.1, 0.15) is 58.9 Å². The van der Waals surface area contributed by atoms with Gasteiger partial charge in [0.2, 0.25) is 12.3 Å². The summed E-state index contributed by atoms with van der Waals surface area (Å²) < 4.78 is 80.9. The number of benzene rings is 1. The van der Waals surface area contributed by atoms with Crippen LogP contribution in [-0.4, -0.2) is 84.9 Å². The average molecular weight is 690 g/mol. The highest BCUT2D eigenvalue weighted by atomic mass is 35.5. The summed E-state index contributed by atoms with van der Waals surface area (Å²) in [7, 11) is 3.08. The van der Waals surface area contributed by atoms with Crippen LogP contribution < -0.4 is 25.8 Å². The number of pyridine rings is 1. The van der Waals surface area contributed by atoms with E-state index in [1.165, 1.54) is 20.0 Å². The molecular weight excluding hydrogens is 645 g/mol. The molecule has 0 amide bonds. The quantitative estimate of drug-likeness (QED) is 0.111. The molecule has 3 aromatic rings. The second-order valence-electron chi connectivity index (χ2n) is 11.1. The first-order valence-electron chi connectivity index (χ1n) is 15.9. The summed E-state index contributed by atoms with van der Waals surface area (Å²) in [6.45, 7) is 10.5. The number of fused-ring (bicyclic) bond motifs is 2. The van der Waals surface area contributed by atoms with Crippen molar-refractivity contribution >= 4 is 34.0 Å². The van der Waals surface area contributed by atoms with E-state index in [9.17, 15) is 17.6 Å². The van der Waals surface area contributed by atoms with Gasteiger partial charge in [-0.3, -0.25) is 4.90 Å². The average Bonchev–Trinajstić information content (AvgIpc) is 3.64. The van der Waals surface area contributed by atoms with E-state index in [-0.39, 0.29) is 45.8 Å². The molecule has 47 heavy (non-hydrogen) atoms. The van der Waals surface area contributed by atoms with E-state index < -0.39 is 47.1 Å². The lowest BCUT2D eigenvalue weighted by Gasteiger charge is -2.20. The first kappa shape index (κ1) is 38.2. The third-order valence-corrected chi connectivity index (χ3v) is 8.27. The number of nitrogen functional groups attached to an aromatic ring is 1. The molecular formula is C32H45ClF5N7O2. The SMILES string of the molecule is CC.CCC(C)Oc1nc(-c2cc(N)c(F)c(Cl)c2CC(F)F)c(F)c2nc(OC)nc(NCCNC)c12.FC1CC2CCCN2C1. The van der Waals surface area contributed by atoms with Gasteiger partial charge < -0.3 is 25.8 Å². The number of alkyl halides is 3. The van der Waals surface area contributed by atoms with Gasteiger partial charge in [0.15, 0.2) is 11.6 Å². The van der Waals surface area contributed by atoms with E-state index in [0.717, 1.165) is 19.0 Å². The first-order chi connectivity index (χ1) is 22.5. The van der Waals surface area contributed by atoms with Gasteiger partial charge in [0, 0.05) is 37.7 Å². The summed E-state index contributed by atoms with van der Waals surface area (Å²) >= 11 is 6.03. The molecule has 0 saturated carbocycles. The van der Waals surface area contributed by atoms with Crippen LogP contribution in [-0.2, 0) is 6.42 Å². The van der Waals surface area contributed by atoms with Crippen molar-refractivity contribution in [1.29, 1.82) is 0 Å². The Morgan fingerprint density at radius 1 is 1.15 bits per heavy atom. The number of hydrogen-bond donors (Lipinski definition) is 3. The minimum atomic E-state index is -2.89. The molecule has 2 aliphatic heterocycles. The zero-order valence-corrected chi connectivity index (χ0v) is 28.5. The Morgan fingerprint density at radius 2 is 1.87 bits per heavy atom. The summed E-state index contributed by atoms with van der Waals surface area (Å²) in [6.07, 6.45) is -0.798. The molecule has 3 atom stereocenters. The molecule has 0 bridgehead atoms. The number of halogens is 6. The van der Waals surface area contributed by atoms with Crippen molar-refractivity contribution in [2.75, 3.05) is 51.4 Å². The molecule has 4 heterocycles. The van der Waals surface area contributed by atoms with Gasteiger partial charge in [-0.2, -0.15) is 9.97 Å². The maximum atomic E-state index is 16.1. The number of nitrogens with zero attached hydrogens (tertiary/aromatic N) is 4. The molecule has 9 nitrogen and oxygen atoms in total. The van der Waals surface area contributed by atoms with Crippen molar-refractivity contribution in [2.45, 2.75) is 84.5 Å². The number of rotatable bonds is 11. The molecule has 0 aliphatic carbocycles. The maximum Gasteiger partial charge on any atom is 0.318 e. The molecule has 262 valence electrons. The molecule has 2 saturated heterocycles. The molecule has 2 aliphatic rings. The smallest absolute Gasteiger partial charge is 0.318 e.